The first-order chi connectivity index (χ1) is 19.2. The molecule has 1 saturated heterocycles. The number of piperidine rings is 1. The summed E-state index contributed by atoms with van der Waals surface area (Å²) >= 11 is 5.99. The third-order valence-electron chi connectivity index (χ3n) is 7.68. The Hall–Kier alpha value is -4.28. The molecule has 1 N–H and O–H groups in total. The number of rotatable bonds is 5. The van der Waals surface area contributed by atoms with E-state index in [2.05, 4.69) is 15.1 Å². The largest absolute Gasteiger partial charge is 0.388 e. The number of aliphatic hydroxyl groups is 1. The zero-order valence-electron chi connectivity index (χ0n) is 22.2. The zero-order valence-corrected chi connectivity index (χ0v) is 22.9. The molecule has 3 aromatic heterocycles. The van der Waals surface area contributed by atoms with Crippen LogP contribution in [0, 0.1) is 6.92 Å². The highest BCUT2D eigenvalue weighted by Crippen LogP contribution is 2.26. The normalized spacial score (nSPS) is 15.1. The number of benzene rings is 2. The van der Waals surface area contributed by atoms with E-state index in [-0.39, 0.29) is 18.0 Å². The van der Waals surface area contributed by atoms with E-state index < -0.39 is 5.60 Å². The molecule has 10 nitrogen and oxygen atoms in total. The van der Waals surface area contributed by atoms with E-state index in [9.17, 15) is 14.7 Å². The number of aryl methyl sites for hydroxylation is 1. The highest BCUT2D eigenvalue weighted by Gasteiger charge is 2.35. The maximum absolute atomic E-state index is 13.2. The Labute approximate surface area is 235 Å². The summed E-state index contributed by atoms with van der Waals surface area (Å²) in [6.45, 7) is 2.84. The van der Waals surface area contributed by atoms with Gasteiger partial charge in [0.05, 0.1) is 24.0 Å². The van der Waals surface area contributed by atoms with Crippen molar-refractivity contribution >= 4 is 28.5 Å². The van der Waals surface area contributed by atoms with Gasteiger partial charge < -0.3 is 14.6 Å². The maximum Gasteiger partial charge on any atom is 0.264 e. The molecule has 2 aromatic carbocycles. The molecule has 0 atom stereocenters. The molecule has 5 aromatic rings. The number of amides is 1. The number of halogens is 1. The van der Waals surface area contributed by atoms with Crippen LogP contribution < -0.4 is 5.56 Å². The molecule has 4 heterocycles. The van der Waals surface area contributed by atoms with Crippen LogP contribution in [0.2, 0.25) is 5.02 Å². The predicted molar refractivity (Wildman–Crippen MR) is 152 cm³/mol. The van der Waals surface area contributed by atoms with Crippen LogP contribution in [-0.4, -0.2) is 63.5 Å². The van der Waals surface area contributed by atoms with Crippen LogP contribution in [0.25, 0.3) is 28.1 Å². The number of fused-ring (bicyclic) bond motifs is 1. The number of aromatic nitrogens is 6. The van der Waals surface area contributed by atoms with E-state index in [0.29, 0.717) is 47.6 Å². The molecule has 1 aliphatic rings. The van der Waals surface area contributed by atoms with Crippen molar-refractivity contribution in [3.8, 4) is 17.1 Å². The van der Waals surface area contributed by atoms with Gasteiger partial charge in [0.15, 0.2) is 5.65 Å². The number of carbonyl (C=O) groups excluding carboxylic acids is 1. The summed E-state index contributed by atoms with van der Waals surface area (Å²) in [4.78, 5) is 37.0. The molecule has 0 radical (unpaired) electrons. The van der Waals surface area contributed by atoms with Gasteiger partial charge in [-0.25, -0.2) is 14.6 Å². The van der Waals surface area contributed by atoms with Gasteiger partial charge in [0.25, 0.3) is 11.5 Å². The van der Waals surface area contributed by atoms with Crippen molar-refractivity contribution in [1.82, 2.24) is 33.8 Å². The molecule has 204 valence electrons. The lowest BCUT2D eigenvalue weighted by atomic mass is 9.91. The van der Waals surface area contributed by atoms with Crippen LogP contribution in [0.1, 0.15) is 28.9 Å². The number of likely N-dealkylation sites (tertiary alicyclic amines) is 1. The second kappa shape index (κ2) is 10.0. The number of hydrogen-bond donors (Lipinski definition) is 1. The van der Waals surface area contributed by atoms with Crippen molar-refractivity contribution in [2.24, 2.45) is 7.05 Å². The van der Waals surface area contributed by atoms with Crippen molar-refractivity contribution < 1.29 is 9.90 Å². The van der Waals surface area contributed by atoms with Gasteiger partial charge in [0, 0.05) is 48.2 Å². The second-order valence-electron chi connectivity index (χ2n) is 10.3. The summed E-state index contributed by atoms with van der Waals surface area (Å²) in [7, 11) is 1.96. The fourth-order valence-corrected chi connectivity index (χ4v) is 5.27. The van der Waals surface area contributed by atoms with Gasteiger partial charge in [-0.3, -0.25) is 14.2 Å². The predicted octanol–water partition coefficient (Wildman–Crippen LogP) is 3.61. The highest BCUT2D eigenvalue weighted by molar-refractivity contribution is 6.30. The van der Waals surface area contributed by atoms with Gasteiger partial charge >= 0.3 is 0 Å². The number of imidazole rings is 1. The Balaban J connectivity index is 1.13. The molecule has 0 bridgehead atoms. The Bertz CT molecular complexity index is 1760. The number of carbonyl (C=O) groups is 1. The zero-order chi connectivity index (χ0) is 28.0. The maximum atomic E-state index is 13.2. The van der Waals surface area contributed by atoms with Gasteiger partial charge in [-0.05, 0) is 56.2 Å². The number of nitrogens with zero attached hydrogens (tertiary/aromatic N) is 7. The van der Waals surface area contributed by atoms with Crippen LogP contribution in [-0.2, 0) is 13.6 Å². The lowest BCUT2D eigenvalue weighted by Crippen LogP contribution is -2.49. The van der Waals surface area contributed by atoms with Gasteiger partial charge in [0.1, 0.15) is 17.5 Å². The molecule has 6 rings (SSSR count). The molecule has 11 heteroatoms. The Morgan fingerprint density at radius 1 is 1.02 bits per heavy atom. The molecular weight excluding hydrogens is 530 g/mol. The second-order valence-corrected chi connectivity index (χ2v) is 10.8. The SMILES string of the molecule is Cc1cnc(-c2ccc(C(=O)N3CCC(O)(Cn4cnc5c(cnn5-c5ccc(Cl)cc5)c4=O)CC3)cc2)n1C. The van der Waals surface area contributed by atoms with E-state index in [0.717, 1.165) is 22.8 Å². The van der Waals surface area contributed by atoms with E-state index >= 15 is 0 Å². The Morgan fingerprint density at radius 3 is 2.38 bits per heavy atom. The van der Waals surface area contributed by atoms with Gasteiger partial charge in [-0.2, -0.15) is 5.10 Å². The first kappa shape index (κ1) is 26.0. The molecule has 1 aliphatic heterocycles. The van der Waals surface area contributed by atoms with Crippen LogP contribution >= 0.6 is 11.6 Å². The summed E-state index contributed by atoms with van der Waals surface area (Å²) in [5.74, 6) is 0.763. The monoisotopic (exact) mass is 557 g/mol. The van der Waals surface area contributed by atoms with Crippen molar-refractivity contribution in [2.45, 2.75) is 31.9 Å². The molecule has 0 aliphatic carbocycles. The first-order valence-electron chi connectivity index (χ1n) is 13.0. The van der Waals surface area contributed by atoms with E-state index in [1.807, 2.05) is 49.0 Å². The Morgan fingerprint density at radius 2 is 1.73 bits per heavy atom. The average Bonchev–Trinajstić information content (AvgIpc) is 3.54. The Kier molecular flexibility index (Phi) is 6.52. The van der Waals surface area contributed by atoms with Crippen molar-refractivity contribution in [1.29, 1.82) is 0 Å². The van der Waals surface area contributed by atoms with Crippen LogP contribution in [0.4, 0.5) is 0 Å². The molecule has 0 unspecified atom stereocenters. The third-order valence-corrected chi connectivity index (χ3v) is 7.93. The fraction of sp³-hybridized carbons (Fsp3) is 0.276. The van der Waals surface area contributed by atoms with Gasteiger partial charge in [-0.15, -0.1) is 0 Å². The lowest BCUT2D eigenvalue weighted by Gasteiger charge is -2.38. The van der Waals surface area contributed by atoms with Crippen molar-refractivity contribution in [3.63, 3.8) is 0 Å². The van der Waals surface area contributed by atoms with Crippen molar-refractivity contribution in [2.75, 3.05) is 13.1 Å². The van der Waals surface area contributed by atoms with E-state index in [4.69, 9.17) is 11.6 Å². The minimum absolute atomic E-state index is 0.0838. The van der Waals surface area contributed by atoms with Crippen molar-refractivity contribution in [3.05, 3.63) is 93.9 Å². The van der Waals surface area contributed by atoms with Gasteiger partial charge in [-0.1, -0.05) is 23.7 Å². The highest BCUT2D eigenvalue weighted by atomic mass is 35.5. The van der Waals surface area contributed by atoms with E-state index in [1.54, 1.807) is 33.8 Å². The summed E-state index contributed by atoms with van der Waals surface area (Å²) in [5, 5.41) is 16.6. The standard InChI is InChI=1S/C29H28ClN7O3/c1-19-15-31-25(34(19)2)20-3-5-21(6-4-20)27(38)35-13-11-29(40,12-14-35)17-36-18-32-26-24(28(36)39)16-33-37(26)23-9-7-22(30)8-10-23/h3-10,15-16,18,40H,11-14,17H2,1-2H3. The molecule has 0 saturated carbocycles. The summed E-state index contributed by atoms with van der Waals surface area (Å²) in [6, 6.07) is 14.5. The fourth-order valence-electron chi connectivity index (χ4n) is 5.14. The molecule has 0 spiro atoms. The smallest absolute Gasteiger partial charge is 0.264 e. The minimum atomic E-state index is -1.14. The van der Waals surface area contributed by atoms with Crippen LogP contribution in [0.5, 0.6) is 0 Å². The first-order valence-corrected chi connectivity index (χ1v) is 13.4. The quantitative estimate of drug-likeness (QED) is 0.353. The minimum Gasteiger partial charge on any atom is -0.388 e. The molecular formula is C29H28ClN7O3. The van der Waals surface area contributed by atoms with Gasteiger partial charge in [0.2, 0.25) is 0 Å². The van der Waals surface area contributed by atoms with Crippen LogP contribution in [0.3, 0.4) is 0 Å². The number of hydrogen-bond acceptors (Lipinski definition) is 6. The molecule has 1 amide bonds. The summed E-state index contributed by atoms with van der Waals surface area (Å²) < 4.78 is 5.01. The summed E-state index contributed by atoms with van der Waals surface area (Å²) in [5.41, 5.74) is 2.34. The lowest BCUT2D eigenvalue weighted by molar-refractivity contribution is -0.0299. The summed E-state index contributed by atoms with van der Waals surface area (Å²) in [6.07, 6.45) is 5.44. The third kappa shape index (κ3) is 4.69. The van der Waals surface area contributed by atoms with Crippen LogP contribution in [0.15, 0.2) is 72.0 Å². The average molecular weight is 558 g/mol. The topological polar surface area (TPSA) is 111 Å². The van der Waals surface area contributed by atoms with E-state index in [1.165, 1.54) is 17.1 Å². The molecule has 1 fully saturated rings. The molecule has 40 heavy (non-hydrogen) atoms.